The zero-order chi connectivity index (χ0) is 52.7. The van der Waals surface area contributed by atoms with Crippen LogP contribution in [0.1, 0.15) is 0 Å². The third kappa shape index (κ3) is 12.1. The van der Waals surface area contributed by atoms with Gasteiger partial charge in [-0.15, -0.1) is 0 Å². The molecule has 22 aliphatic heterocycles. The van der Waals surface area contributed by atoms with Crippen LogP contribution in [0.15, 0.2) is 0 Å². The monoisotopic (exact) mass is 1080 g/mol. The van der Waals surface area contributed by atoms with Gasteiger partial charge in [-0.3, -0.25) is 4.57 Å². The van der Waals surface area contributed by atoms with Crippen LogP contribution in [0.25, 0.3) is 0 Å². The van der Waals surface area contributed by atoms with Crippen LogP contribution in [0.3, 0.4) is 0 Å². The molecule has 19 N–H and O–H groups in total. The molecule has 0 aromatic rings. The summed E-state index contributed by atoms with van der Waals surface area (Å²) >= 11 is 0. The van der Waals surface area contributed by atoms with Crippen molar-refractivity contribution in [2.45, 2.75) is 184 Å². The van der Waals surface area contributed by atoms with Crippen LogP contribution in [0.4, 0.5) is 0 Å². The largest absolute Gasteiger partial charge is 0.394 e. The second-order valence-electron chi connectivity index (χ2n) is 18.1. The summed E-state index contributed by atoms with van der Waals surface area (Å²) in [6.45, 7) is -7.09. The van der Waals surface area contributed by atoms with Crippen molar-refractivity contribution < 1.29 is 163 Å². The first-order valence-corrected chi connectivity index (χ1v) is 24.6. The number of aliphatic hydroxyl groups is 17. The van der Waals surface area contributed by atoms with Gasteiger partial charge in [0.15, 0.2) is 37.7 Å². The quantitative estimate of drug-likeness (QED) is 0.0903. The summed E-state index contributed by atoms with van der Waals surface area (Å²) in [4.78, 5) is 19.1. The lowest BCUT2D eigenvalue weighted by Gasteiger charge is -2.51. The van der Waals surface area contributed by atoms with Crippen LogP contribution >= 0.6 is 7.60 Å². The molecule has 12 bridgehead atoms. The molecule has 0 aromatic heterocycles. The summed E-state index contributed by atoms with van der Waals surface area (Å²) < 4.78 is 86.0. The Kier molecular flexibility index (Phi) is 20.1. The molecule has 0 amide bonds. The van der Waals surface area contributed by atoms with Crippen molar-refractivity contribution in [3.63, 3.8) is 0 Å². The Hall–Kier alpha value is -1.05. The summed E-state index contributed by atoms with van der Waals surface area (Å²) in [7, 11) is -4.79. The van der Waals surface area contributed by atoms with Gasteiger partial charge in [-0.05, 0) is 0 Å². The molecule has 0 spiro atoms. The summed E-state index contributed by atoms with van der Waals surface area (Å²) in [5.74, 6) is 0. The highest BCUT2D eigenvalue weighted by Crippen LogP contribution is 2.39. The Labute approximate surface area is 406 Å². The van der Waals surface area contributed by atoms with Crippen LogP contribution in [-0.4, -0.2) is 333 Å². The topological polar surface area (TPSA) is 521 Å². The maximum atomic E-state index is 11.8. The molecule has 33 nitrogen and oxygen atoms in total. The lowest BCUT2D eigenvalue weighted by molar-refractivity contribution is -0.404. The van der Waals surface area contributed by atoms with E-state index in [1.165, 1.54) is 0 Å². The molecule has 0 aromatic carbocycles. The highest BCUT2D eigenvalue weighted by Gasteiger charge is 2.59. The Balaban J connectivity index is 1.22. The lowest BCUT2D eigenvalue weighted by Crippen LogP contribution is -2.69. The second kappa shape index (κ2) is 24.7. The van der Waals surface area contributed by atoms with Crippen molar-refractivity contribution >= 4 is 7.60 Å². The van der Waals surface area contributed by atoms with Gasteiger partial charge in [0.1, 0.15) is 146 Å². The van der Waals surface area contributed by atoms with E-state index in [0.29, 0.717) is 0 Å². The van der Waals surface area contributed by atoms with Gasteiger partial charge in [0.05, 0.1) is 52.4 Å². The van der Waals surface area contributed by atoms with Gasteiger partial charge in [0.2, 0.25) is 0 Å². The first-order valence-electron chi connectivity index (χ1n) is 22.8. The van der Waals surface area contributed by atoms with E-state index in [1.807, 2.05) is 0 Å². The van der Waals surface area contributed by atoms with Gasteiger partial charge in [-0.25, -0.2) is 0 Å². The zero-order valence-corrected chi connectivity index (χ0v) is 38.5. The molecule has 0 aliphatic carbocycles. The van der Waals surface area contributed by atoms with Gasteiger partial charge in [-0.2, -0.15) is 0 Å². The number of ether oxygens (including phenoxy) is 13. The first kappa shape index (κ1) is 58.6. The van der Waals surface area contributed by atoms with Crippen molar-refractivity contribution in [2.75, 3.05) is 52.4 Å². The van der Waals surface area contributed by atoms with E-state index in [4.69, 9.17) is 61.6 Å². The Morgan fingerprint density at radius 2 is 0.514 bits per heavy atom. The summed E-state index contributed by atoms with van der Waals surface area (Å²) in [5.41, 5.74) is 0. The van der Waals surface area contributed by atoms with Gasteiger partial charge < -0.3 is 158 Å². The standard InChI is InChI=1S/C38H65O33P/c39-3-9-26-15(45)20(50)33(60-9)67-27-10(4-40)62-35(22(52)17(27)47)69-29-12(6-42)64-37(24(54)19(29)49)71-31-14(8-44)65-38(25(55)32(31)59-1-2-72(56,57)58)70-30-13(7-43)63-36(23(53)18(30)48)68-28-11(5-41)61-34(66-26)21(51)16(28)46/h9-55H,1-8H2,(H2,56,57,58)/t9-,10-,11-,12-,13-,14-,15-,16-,17-,18-,19-,20-,21-,22-,23-,24-,25-,26-,27-,28-,29-,30-,31+,32-,33-,34-,35-,36-,37-,38-/m1/s1. The first-order chi connectivity index (χ1) is 34.1. The summed E-state index contributed by atoms with van der Waals surface area (Å²) in [5, 5.41) is 187. The molecule has 22 rings (SSSR count). The summed E-state index contributed by atoms with van der Waals surface area (Å²) in [6.07, 6.45) is -60.7. The fourth-order valence-corrected chi connectivity index (χ4v) is 9.75. The van der Waals surface area contributed by atoms with Gasteiger partial charge in [0, 0.05) is 0 Å². The predicted octanol–water partition coefficient (Wildman–Crippen LogP) is -12.9. The molecule has 30 atom stereocenters. The predicted molar refractivity (Wildman–Crippen MR) is 216 cm³/mol. The minimum atomic E-state index is -4.79. The Bertz CT molecular complexity index is 1730. The van der Waals surface area contributed by atoms with Gasteiger partial charge >= 0.3 is 7.60 Å². The second-order valence-corrected chi connectivity index (χ2v) is 19.9. The van der Waals surface area contributed by atoms with Crippen LogP contribution in [0.2, 0.25) is 0 Å². The molecular weight excluding hydrogens is 1020 g/mol. The maximum absolute atomic E-state index is 11.8. The van der Waals surface area contributed by atoms with Crippen molar-refractivity contribution in [3.05, 3.63) is 0 Å². The van der Waals surface area contributed by atoms with Crippen molar-refractivity contribution in [1.29, 1.82) is 0 Å². The van der Waals surface area contributed by atoms with E-state index < -0.39 is 244 Å². The fraction of sp³-hybridized carbons (Fsp3) is 1.00. The van der Waals surface area contributed by atoms with Crippen molar-refractivity contribution in [1.82, 2.24) is 0 Å². The molecule has 34 heteroatoms. The van der Waals surface area contributed by atoms with Crippen LogP contribution in [0.5, 0.6) is 0 Å². The van der Waals surface area contributed by atoms with Crippen LogP contribution in [-0.2, 0) is 66.1 Å². The molecule has 22 heterocycles. The molecular formula is C38H65O33P. The lowest BCUT2D eigenvalue weighted by atomic mass is 9.94. The van der Waals surface area contributed by atoms with Crippen molar-refractivity contribution in [2.24, 2.45) is 0 Å². The molecule has 22 saturated heterocycles. The highest BCUT2D eigenvalue weighted by molar-refractivity contribution is 7.51. The average Bonchev–Trinajstić information content (AvgIpc) is 3.35. The molecule has 0 saturated carbocycles. The smallest absolute Gasteiger partial charge is 0.327 e. The molecule has 22 aliphatic rings. The van der Waals surface area contributed by atoms with E-state index >= 15 is 0 Å². The SMILES string of the molecule is O=P(O)(O)CCO[C@@H]1[C@@H](O)[C@H]2O[C@H]3[C@H](O)[C@@H](O)[C@@H](O[C@H]4[C@H](O)[C@@H](O)[C@@H](O[C@H]5[C@H](O)[C@@H](O)[C@@H](O[C@H]6[C@H](O)[C@@H](O)[C@@H](O[C@H]7[C@H](O)[C@@H](O)[C@@H](O[C@H]1[C@@H](CO)O2)O[C@@H]7CO)O[C@@H]6CO)O[C@@H]5CO)O[C@@H]4CO)O[C@@H]3CO. The number of hydrogen-bond acceptors (Lipinski definition) is 31. The Morgan fingerprint density at radius 3 is 0.736 bits per heavy atom. The normalized spacial score (nSPS) is 52.0. The van der Waals surface area contributed by atoms with E-state index in [0.717, 1.165) is 0 Å². The minimum Gasteiger partial charge on any atom is -0.394 e. The molecule has 72 heavy (non-hydrogen) atoms. The minimum absolute atomic E-state index is 0.835. The summed E-state index contributed by atoms with van der Waals surface area (Å²) in [6, 6.07) is 0. The van der Waals surface area contributed by atoms with Crippen LogP contribution in [0, 0.1) is 0 Å². The van der Waals surface area contributed by atoms with E-state index in [-0.39, 0.29) is 0 Å². The maximum Gasteiger partial charge on any atom is 0.327 e. The molecule has 420 valence electrons. The average molecular weight is 1080 g/mol. The third-order valence-corrected chi connectivity index (χ3v) is 14.1. The van der Waals surface area contributed by atoms with E-state index in [9.17, 15) is 101 Å². The third-order valence-electron chi connectivity index (χ3n) is 13.3. The number of rotatable bonds is 10. The van der Waals surface area contributed by atoms with Crippen LogP contribution < -0.4 is 0 Å². The zero-order valence-electron chi connectivity index (χ0n) is 37.6. The molecule has 0 unspecified atom stereocenters. The molecule has 22 fully saturated rings. The van der Waals surface area contributed by atoms with E-state index in [1.54, 1.807) is 0 Å². The highest BCUT2D eigenvalue weighted by atomic mass is 31.2. The number of aliphatic hydroxyl groups excluding tert-OH is 17. The van der Waals surface area contributed by atoms with E-state index in [2.05, 4.69) is 0 Å². The molecule has 0 radical (unpaired) electrons. The van der Waals surface area contributed by atoms with Crippen molar-refractivity contribution in [3.8, 4) is 0 Å². The fourth-order valence-electron chi connectivity index (χ4n) is 9.41. The van der Waals surface area contributed by atoms with Gasteiger partial charge in [0.25, 0.3) is 0 Å². The van der Waals surface area contributed by atoms with Gasteiger partial charge in [-0.1, -0.05) is 0 Å². The Morgan fingerprint density at radius 1 is 0.306 bits per heavy atom. The number of hydrogen-bond donors (Lipinski definition) is 19.